The highest BCUT2D eigenvalue weighted by Gasteiger charge is 2.05. The van der Waals surface area contributed by atoms with Gasteiger partial charge in [-0.3, -0.25) is 0 Å². The molecule has 0 fully saturated rings. The van der Waals surface area contributed by atoms with Crippen LogP contribution in [0.5, 0.6) is 0 Å². The zero-order valence-electron chi connectivity index (χ0n) is 8.03. The van der Waals surface area contributed by atoms with Gasteiger partial charge in [-0.15, -0.1) is 11.6 Å². The van der Waals surface area contributed by atoms with Crippen LogP contribution in [0.3, 0.4) is 0 Å². The van der Waals surface area contributed by atoms with Gasteiger partial charge in [-0.25, -0.2) is 4.98 Å². The summed E-state index contributed by atoms with van der Waals surface area (Å²) in [5.41, 5.74) is 1.06. The van der Waals surface area contributed by atoms with Crippen LogP contribution in [-0.2, 0) is 17.2 Å². The predicted octanol–water partition coefficient (Wildman–Crippen LogP) is 1.90. The quantitative estimate of drug-likeness (QED) is 0.682. The average Bonchev–Trinajstić information content (AvgIpc) is 2.52. The fourth-order valence-corrected chi connectivity index (χ4v) is 1.52. The maximum atomic E-state index is 5.74. The molecule has 1 aromatic heterocycles. The molecule has 0 spiro atoms. The van der Waals surface area contributed by atoms with Crippen LogP contribution in [-0.4, -0.2) is 23.3 Å². The molecule has 0 aromatic carbocycles. The number of alkyl halides is 1. The van der Waals surface area contributed by atoms with Gasteiger partial charge in [0.2, 0.25) is 0 Å². The van der Waals surface area contributed by atoms with Crippen LogP contribution < -0.4 is 0 Å². The van der Waals surface area contributed by atoms with Crippen molar-refractivity contribution in [3.05, 3.63) is 18.2 Å². The van der Waals surface area contributed by atoms with Crippen molar-refractivity contribution in [2.24, 2.45) is 5.92 Å². The molecule has 0 aliphatic carbocycles. The molecule has 1 atom stereocenters. The van der Waals surface area contributed by atoms with Crippen molar-refractivity contribution >= 4 is 11.6 Å². The van der Waals surface area contributed by atoms with Crippen molar-refractivity contribution in [2.45, 2.75) is 19.3 Å². The molecular weight excluding hydrogens is 188 g/mol. The monoisotopic (exact) mass is 202 g/mol. The topological polar surface area (TPSA) is 27.1 Å². The van der Waals surface area contributed by atoms with E-state index in [2.05, 4.69) is 16.5 Å². The second-order valence-electron chi connectivity index (χ2n) is 3.23. The van der Waals surface area contributed by atoms with Crippen LogP contribution in [0.15, 0.2) is 12.5 Å². The van der Waals surface area contributed by atoms with Gasteiger partial charge in [-0.05, 0) is 5.92 Å². The molecule has 0 radical (unpaired) electrons. The minimum absolute atomic E-state index is 0.487. The molecular formula is C9H15ClN2O. The standard InChI is InChI=1S/C9H15ClN2O/c1-8(6-13-2)5-12-7-11-4-9(12)3-10/h4,7-8H,3,5-6H2,1-2H3. The lowest BCUT2D eigenvalue weighted by Crippen LogP contribution is -2.13. The fraction of sp³-hybridized carbons (Fsp3) is 0.667. The van der Waals surface area contributed by atoms with E-state index in [1.807, 2.05) is 6.33 Å². The molecule has 13 heavy (non-hydrogen) atoms. The Balaban J connectivity index is 2.52. The van der Waals surface area contributed by atoms with Gasteiger partial charge in [0.25, 0.3) is 0 Å². The highest BCUT2D eigenvalue weighted by molar-refractivity contribution is 6.16. The maximum absolute atomic E-state index is 5.74. The van der Waals surface area contributed by atoms with Crippen molar-refractivity contribution in [1.82, 2.24) is 9.55 Å². The Labute approximate surface area is 83.7 Å². The Bertz CT molecular complexity index is 250. The highest BCUT2D eigenvalue weighted by Crippen LogP contribution is 2.07. The summed E-state index contributed by atoms with van der Waals surface area (Å²) < 4.78 is 7.13. The van der Waals surface area contributed by atoms with E-state index < -0.39 is 0 Å². The van der Waals surface area contributed by atoms with Crippen LogP contribution in [0.25, 0.3) is 0 Å². The van der Waals surface area contributed by atoms with Crippen molar-refractivity contribution < 1.29 is 4.74 Å². The number of hydrogen-bond acceptors (Lipinski definition) is 2. The summed E-state index contributed by atoms with van der Waals surface area (Å²) in [6.45, 7) is 3.82. The van der Waals surface area contributed by atoms with Gasteiger partial charge in [-0.1, -0.05) is 6.92 Å². The minimum atomic E-state index is 0.487. The maximum Gasteiger partial charge on any atom is 0.0948 e. The largest absolute Gasteiger partial charge is 0.384 e. The van der Waals surface area contributed by atoms with Crippen LogP contribution in [0, 0.1) is 5.92 Å². The van der Waals surface area contributed by atoms with Crippen molar-refractivity contribution in [3.63, 3.8) is 0 Å². The molecule has 0 bridgehead atoms. The molecule has 0 aliphatic heterocycles. The number of nitrogens with zero attached hydrogens (tertiary/aromatic N) is 2. The van der Waals surface area contributed by atoms with Crippen molar-refractivity contribution in [1.29, 1.82) is 0 Å². The number of halogens is 1. The van der Waals surface area contributed by atoms with Crippen LogP contribution in [0.4, 0.5) is 0 Å². The first-order chi connectivity index (χ1) is 6.27. The van der Waals surface area contributed by atoms with E-state index in [0.717, 1.165) is 18.8 Å². The highest BCUT2D eigenvalue weighted by atomic mass is 35.5. The number of ether oxygens (including phenoxy) is 1. The first-order valence-corrected chi connectivity index (χ1v) is 4.85. The zero-order valence-corrected chi connectivity index (χ0v) is 8.79. The molecule has 3 nitrogen and oxygen atoms in total. The average molecular weight is 203 g/mol. The Morgan fingerprint density at radius 1 is 1.69 bits per heavy atom. The summed E-state index contributed by atoms with van der Waals surface area (Å²) in [5.74, 6) is 1.00. The molecule has 1 rings (SSSR count). The number of rotatable bonds is 5. The summed E-state index contributed by atoms with van der Waals surface area (Å²) >= 11 is 5.74. The van der Waals surface area contributed by atoms with E-state index in [1.54, 1.807) is 13.3 Å². The smallest absolute Gasteiger partial charge is 0.0948 e. The van der Waals surface area contributed by atoms with E-state index in [1.165, 1.54) is 0 Å². The van der Waals surface area contributed by atoms with Gasteiger partial charge < -0.3 is 9.30 Å². The van der Waals surface area contributed by atoms with E-state index in [9.17, 15) is 0 Å². The lowest BCUT2D eigenvalue weighted by atomic mass is 10.2. The Hall–Kier alpha value is -0.540. The van der Waals surface area contributed by atoms with Gasteiger partial charge in [0, 0.05) is 19.9 Å². The number of methoxy groups -OCH3 is 1. The van der Waals surface area contributed by atoms with Crippen LogP contribution in [0.2, 0.25) is 0 Å². The molecule has 0 aliphatic rings. The number of imidazole rings is 1. The molecule has 0 saturated heterocycles. The van der Waals surface area contributed by atoms with Crippen LogP contribution >= 0.6 is 11.6 Å². The van der Waals surface area contributed by atoms with E-state index >= 15 is 0 Å². The molecule has 0 N–H and O–H groups in total. The lowest BCUT2D eigenvalue weighted by Gasteiger charge is -2.12. The first kappa shape index (κ1) is 10.5. The third-order valence-corrected chi connectivity index (χ3v) is 2.17. The molecule has 4 heteroatoms. The summed E-state index contributed by atoms with van der Waals surface area (Å²) in [7, 11) is 1.72. The SMILES string of the molecule is COCC(C)Cn1cncc1CCl. The van der Waals surface area contributed by atoms with Crippen molar-refractivity contribution in [2.75, 3.05) is 13.7 Å². The van der Waals surface area contributed by atoms with E-state index in [0.29, 0.717) is 11.8 Å². The lowest BCUT2D eigenvalue weighted by molar-refractivity contribution is 0.151. The Morgan fingerprint density at radius 3 is 3.08 bits per heavy atom. The number of aromatic nitrogens is 2. The van der Waals surface area contributed by atoms with Gasteiger partial charge in [0.15, 0.2) is 0 Å². The molecule has 0 amide bonds. The van der Waals surface area contributed by atoms with E-state index in [-0.39, 0.29) is 0 Å². The Kier molecular flexibility index (Phi) is 4.25. The van der Waals surface area contributed by atoms with Gasteiger partial charge in [0.1, 0.15) is 0 Å². The minimum Gasteiger partial charge on any atom is -0.384 e. The number of hydrogen-bond donors (Lipinski definition) is 0. The third-order valence-electron chi connectivity index (χ3n) is 1.89. The zero-order chi connectivity index (χ0) is 9.68. The normalized spacial score (nSPS) is 13.2. The Morgan fingerprint density at radius 2 is 2.46 bits per heavy atom. The van der Waals surface area contributed by atoms with Gasteiger partial charge in [0.05, 0.1) is 24.5 Å². The molecule has 0 saturated carbocycles. The second-order valence-corrected chi connectivity index (χ2v) is 3.50. The molecule has 1 heterocycles. The molecule has 1 unspecified atom stereocenters. The summed E-state index contributed by atoms with van der Waals surface area (Å²) in [4.78, 5) is 4.04. The summed E-state index contributed by atoms with van der Waals surface area (Å²) in [6, 6.07) is 0. The predicted molar refractivity (Wildman–Crippen MR) is 52.8 cm³/mol. The fourth-order valence-electron chi connectivity index (χ4n) is 1.30. The molecule has 74 valence electrons. The second kappa shape index (κ2) is 5.25. The van der Waals surface area contributed by atoms with Gasteiger partial charge in [-0.2, -0.15) is 0 Å². The van der Waals surface area contributed by atoms with Crippen molar-refractivity contribution in [3.8, 4) is 0 Å². The third kappa shape index (κ3) is 3.01. The molecule has 1 aromatic rings. The van der Waals surface area contributed by atoms with E-state index in [4.69, 9.17) is 16.3 Å². The summed E-state index contributed by atoms with van der Waals surface area (Å²) in [5, 5.41) is 0. The summed E-state index contributed by atoms with van der Waals surface area (Å²) in [6.07, 6.45) is 3.61. The van der Waals surface area contributed by atoms with Crippen LogP contribution in [0.1, 0.15) is 12.6 Å². The van der Waals surface area contributed by atoms with Gasteiger partial charge >= 0.3 is 0 Å². The first-order valence-electron chi connectivity index (χ1n) is 4.31.